The van der Waals surface area contributed by atoms with Gasteiger partial charge >= 0.3 is 5.97 Å². The van der Waals surface area contributed by atoms with Gasteiger partial charge in [-0.15, -0.1) is 0 Å². The summed E-state index contributed by atoms with van der Waals surface area (Å²) in [4.78, 5) is 30.7. The van der Waals surface area contributed by atoms with Crippen LogP contribution in [0.5, 0.6) is 5.75 Å². The van der Waals surface area contributed by atoms with Crippen LogP contribution in [0.15, 0.2) is 29.2 Å². The topological polar surface area (TPSA) is 99.7 Å². The van der Waals surface area contributed by atoms with Crippen molar-refractivity contribution in [1.82, 2.24) is 14.5 Å². The van der Waals surface area contributed by atoms with Crippen LogP contribution in [0.4, 0.5) is 0 Å². The van der Waals surface area contributed by atoms with Crippen molar-refractivity contribution >= 4 is 17.0 Å². The number of nitrogens with two attached hydrogens (primary N) is 1. The lowest BCUT2D eigenvalue weighted by molar-refractivity contribution is -0.148. The van der Waals surface area contributed by atoms with Crippen LogP contribution in [0, 0.1) is 0 Å². The van der Waals surface area contributed by atoms with Gasteiger partial charge in [-0.25, -0.2) is 4.98 Å². The molecule has 0 radical (unpaired) electrons. The smallest absolute Gasteiger partial charge is 0.323 e. The third-order valence-electron chi connectivity index (χ3n) is 4.89. The summed E-state index contributed by atoms with van der Waals surface area (Å²) in [6.07, 6.45) is 2.69. The summed E-state index contributed by atoms with van der Waals surface area (Å²) in [7, 11) is 2.96. The number of methoxy groups -OCH3 is 2. The molecule has 1 aromatic heterocycles. The second kappa shape index (κ2) is 7.84. The molecule has 2 unspecified atom stereocenters. The van der Waals surface area contributed by atoms with Crippen LogP contribution in [-0.4, -0.2) is 59.8 Å². The monoisotopic (exact) mass is 360 g/mol. The highest BCUT2D eigenvalue weighted by Crippen LogP contribution is 2.20. The molecule has 0 bridgehead atoms. The van der Waals surface area contributed by atoms with Crippen molar-refractivity contribution in [2.24, 2.45) is 5.73 Å². The van der Waals surface area contributed by atoms with E-state index in [1.807, 2.05) is 17.0 Å². The molecule has 0 saturated carbocycles. The van der Waals surface area contributed by atoms with Crippen LogP contribution < -0.4 is 16.0 Å². The molecule has 2 aromatic rings. The molecule has 1 aliphatic heterocycles. The summed E-state index contributed by atoms with van der Waals surface area (Å²) >= 11 is 0. The lowest BCUT2D eigenvalue weighted by Gasteiger charge is -2.36. The second-order valence-corrected chi connectivity index (χ2v) is 6.46. The van der Waals surface area contributed by atoms with Crippen molar-refractivity contribution in [2.45, 2.75) is 31.5 Å². The molecule has 8 heteroatoms. The average Bonchev–Trinajstić information content (AvgIpc) is 2.66. The van der Waals surface area contributed by atoms with Crippen LogP contribution in [0.1, 0.15) is 12.8 Å². The zero-order valence-electron chi connectivity index (χ0n) is 15.1. The third-order valence-corrected chi connectivity index (χ3v) is 4.89. The molecule has 3 rings (SSSR count). The van der Waals surface area contributed by atoms with Crippen LogP contribution in [0.25, 0.3) is 11.0 Å². The van der Waals surface area contributed by atoms with Crippen molar-refractivity contribution in [3.63, 3.8) is 0 Å². The highest BCUT2D eigenvalue weighted by atomic mass is 16.5. The summed E-state index contributed by atoms with van der Waals surface area (Å²) in [5.41, 5.74) is 7.25. The summed E-state index contributed by atoms with van der Waals surface area (Å²) < 4.78 is 11.8. The summed E-state index contributed by atoms with van der Waals surface area (Å²) in [5, 5.41) is 0. The van der Waals surface area contributed by atoms with Gasteiger partial charge in [0.1, 0.15) is 11.8 Å². The number of aromatic nitrogens is 2. The Hall–Kier alpha value is -2.45. The Balaban J connectivity index is 1.85. The maximum absolute atomic E-state index is 12.4. The normalized spacial score (nSPS) is 20.9. The molecule has 2 heterocycles. The number of carbonyl (C=O) groups excluding carboxylic acids is 1. The molecule has 1 aliphatic rings. The molecule has 2 atom stereocenters. The highest BCUT2D eigenvalue weighted by molar-refractivity contribution is 5.76. The van der Waals surface area contributed by atoms with Crippen molar-refractivity contribution in [3.8, 4) is 5.75 Å². The van der Waals surface area contributed by atoms with Gasteiger partial charge in [0.05, 0.1) is 31.4 Å². The first kappa shape index (κ1) is 18.3. The van der Waals surface area contributed by atoms with E-state index in [2.05, 4.69) is 4.98 Å². The molecule has 1 aromatic carbocycles. The number of piperidine rings is 1. The van der Waals surface area contributed by atoms with Gasteiger partial charge in [-0.3, -0.25) is 14.5 Å². The van der Waals surface area contributed by atoms with Crippen molar-refractivity contribution in [1.29, 1.82) is 0 Å². The maximum Gasteiger partial charge on any atom is 0.323 e. The quantitative estimate of drug-likeness (QED) is 0.769. The minimum atomic E-state index is -0.373. The lowest BCUT2D eigenvalue weighted by Crippen LogP contribution is -2.52. The number of esters is 1. The van der Waals surface area contributed by atoms with E-state index in [-0.39, 0.29) is 23.6 Å². The largest absolute Gasteiger partial charge is 0.497 e. The van der Waals surface area contributed by atoms with Crippen molar-refractivity contribution in [2.75, 3.05) is 27.3 Å². The van der Waals surface area contributed by atoms with Gasteiger partial charge in [0.2, 0.25) is 0 Å². The molecular formula is C18H24N4O4. The van der Waals surface area contributed by atoms with Gasteiger partial charge in [0.25, 0.3) is 5.56 Å². The van der Waals surface area contributed by atoms with E-state index < -0.39 is 0 Å². The molecule has 0 spiro atoms. The molecule has 1 fully saturated rings. The number of hydrogen-bond donors (Lipinski definition) is 1. The fraction of sp³-hybridized carbons (Fsp3) is 0.500. The Labute approximate surface area is 151 Å². The summed E-state index contributed by atoms with van der Waals surface area (Å²) in [5.74, 6) is 0.379. The van der Waals surface area contributed by atoms with Crippen LogP contribution in [0.3, 0.4) is 0 Å². The Bertz CT molecular complexity index is 851. The first-order valence-corrected chi connectivity index (χ1v) is 8.64. The molecule has 1 saturated heterocycles. The van der Waals surface area contributed by atoms with Crippen molar-refractivity contribution in [3.05, 3.63) is 34.7 Å². The first-order chi connectivity index (χ1) is 12.5. The number of hydrogen-bond acceptors (Lipinski definition) is 7. The van der Waals surface area contributed by atoms with Crippen LogP contribution in [0.2, 0.25) is 0 Å². The van der Waals surface area contributed by atoms with Gasteiger partial charge in [0.15, 0.2) is 0 Å². The molecule has 2 N–H and O–H groups in total. The Morgan fingerprint density at radius 2 is 2.15 bits per heavy atom. The zero-order valence-corrected chi connectivity index (χ0v) is 15.1. The fourth-order valence-corrected chi connectivity index (χ4v) is 3.42. The second-order valence-electron chi connectivity index (χ2n) is 6.46. The fourth-order valence-electron chi connectivity index (χ4n) is 3.42. The SMILES string of the molecule is COC(=O)C1CC(N)CCN1CCn1c(=O)cnc2ccc(OC)cc21. The lowest BCUT2D eigenvalue weighted by atomic mass is 9.98. The maximum atomic E-state index is 12.4. The highest BCUT2D eigenvalue weighted by Gasteiger charge is 2.32. The molecular weight excluding hydrogens is 336 g/mol. The predicted molar refractivity (Wildman–Crippen MR) is 97.1 cm³/mol. The van der Waals surface area contributed by atoms with Gasteiger partial charge < -0.3 is 19.8 Å². The number of likely N-dealkylation sites (tertiary alicyclic amines) is 1. The van der Waals surface area contributed by atoms with E-state index in [1.54, 1.807) is 17.7 Å². The summed E-state index contributed by atoms with van der Waals surface area (Å²) in [6, 6.07) is 5.05. The van der Waals surface area contributed by atoms with Crippen LogP contribution >= 0.6 is 0 Å². The van der Waals surface area contributed by atoms with E-state index in [4.69, 9.17) is 15.2 Å². The Morgan fingerprint density at radius 1 is 1.35 bits per heavy atom. The number of ether oxygens (including phenoxy) is 2. The third kappa shape index (κ3) is 3.71. The number of carbonyl (C=O) groups is 1. The van der Waals surface area contributed by atoms with Gasteiger partial charge in [-0.05, 0) is 25.0 Å². The Kier molecular flexibility index (Phi) is 5.53. The molecule has 0 aliphatic carbocycles. The molecule has 26 heavy (non-hydrogen) atoms. The van der Waals surface area contributed by atoms with Crippen molar-refractivity contribution < 1.29 is 14.3 Å². The first-order valence-electron chi connectivity index (χ1n) is 8.64. The predicted octanol–water partition coefficient (Wildman–Crippen LogP) is 0.370. The minimum Gasteiger partial charge on any atom is -0.497 e. The van der Waals surface area contributed by atoms with Gasteiger partial charge in [-0.1, -0.05) is 0 Å². The molecule has 8 nitrogen and oxygen atoms in total. The number of benzene rings is 1. The molecule has 0 amide bonds. The van der Waals surface area contributed by atoms with E-state index in [1.165, 1.54) is 13.3 Å². The van der Waals surface area contributed by atoms with Crippen LogP contribution in [-0.2, 0) is 16.1 Å². The van der Waals surface area contributed by atoms with E-state index in [0.717, 1.165) is 11.9 Å². The van der Waals surface area contributed by atoms with E-state index in [9.17, 15) is 9.59 Å². The number of nitrogens with zero attached hydrogens (tertiary/aromatic N) is 3. The van der Waals surface area contributed by atoms with E-state index >= 15 is 0 Å². The van der Waals surface area contributed by atoms with E-state index in [0.29, 0.717) is 37.3 Å². The standard InChI is InChI=1S/C18H24N4O4/c1-25-13-3-4-14-15(10-13)22(17(23)11-20-14)8-7-21-6-5-12(19)9-16(21)18(24)26-2/h3-4,10-12,16H,5-9,19H2,1-2H3. The van der Waals surface area contributed by atoms with Gasteiger partial charge in [0, 0.05) is 31.7 Å². The Morgan fingerprint density at radius 3 is 2.88 bits per heavy atom. The average molecular weight is 360 g/mol. The van der Waals surface area contributed by atoms with Gasteiger partial charge in [-0.2, -0.15) is 0 Å². The molecule has 140 valence electrons. The number of rotatable bonds is 5. The minimum absolute atomic E-state index is 0.0101. The number of fused-ring (bicyclic) bond motifs is 1. The summed E-state index contributed by atoms with van der Waals surface area (Å²) in [6.45, 7) is 1.68. The zero-order chi connectivity index (χ0) is 18.7.